The molecule has 1 fully saturated rings. The van der Waals surface area contributed by atoms with Crippen LogP contribution in [0.25, 0.3) is 0 Å². The molecular weight excluding hydrogens is 216 g/mol. The summed E-state index contributed by atoms with van der Waals surface area (Å²) in [6.45, 7) is 4.10. The Balaban J connectivity index is 2.93. The summed E-state index contributed by atoms with van der Waals surface area (Å²) in [5.74, 6) is -0.179. The first-order valence-electron chi connectivity index (χ1n) is 4.90. The second-order valence-electron chi connectivity index (χ2n) is 3.68. The van der Waals surface area contributed by atoms with E-state index in [1.54, 1.807) is 17.9 Å². The fraction of sp³-hybridized carbons (Fsp3) is 0.600. The number of amides is 2. The topological polar surface area (TPSA) is 49.4 Å². The first kappa shape index (κ1) is 12.0. The van der Waals surface area contributed by atoms with Crippen LogP contribution in [-0.4, -0.2) is 35.3 Å². The molecule has 1 aliphatic rings. The maximum absolute atomic E-state index is 11.7. The minimum Gasteiger partial charge on any atom is -0.345 e. The number of carbonyl (C=O) groups excluding carboxylic acids is 2. The number of hydrogen-bond donors (Lipinski definition) is 1. The van der Waals surface area contributed by atoms with Gasteiger partial charge in [0.2, 0.25) is 11.8 Å². The van der Waals surface area contributed by atoms with Crippen molar-refractivity contribution in [2.45, 2.75) is 25.8 Å². The number of rotatable bonds is 3. The van der Waals surface area contributed by atoms with E-state index in [9.17, 15) is 9.59 Å². The van der Waals surface area contributed by atoms with Crippen molar-refractivity contribution in [3.8, 4) is 0 Å². The van der Waals surface area contributed by atoms with E-state index in [-0.39, 0.29) is 18.4 Å². The van der Waals surface area contributed by atoms with Gasteiger partial charge in [-0.05, 0) is 13.3 Å². The summed E-state index contributed by atoms with van der Waals surface area (Å²) in [4.78, 5) is 24.9. The third-order valence-electron chi connectivity index (χ3n) is 2.85. The highest BCUT2D eigenvalue weighted by molar-refractivity contribution is 6.25. The predicted octanol–water partition coefficient (Wildman–Crippen LogP) is 0.866. The molecule has 0 radical (unpaired) electrons. The van der Waals surface area contributed by atoms with Gasteiger partial charge < -0.3 is 10.2 Å². The summed E-state index contributed by atoms with van der Waals surface area (Å²) in [7, 11) is 0. The molecule has 0 aromatic carbocycles. The van der Waals surface area contributed by atoms with Crippen LogP contribution < -0.4 is 5.32 Å². The van der Waals surface area contributed by atoms with Gasteiger partial charge in [0, 0.05) is 12.1 Å². The number of nitrogens with zero attached hydrogens (tertiary/aromatic N) is 1. The lowest BCUT2D eigenvalue weighted by Gasteiger charge is -2.42. The fourth-order valence-electron chi connectivity index (χ4n) is 1.64. The summed E-state index contributed by atoms with van der Waals surface area (Å²) in [6.07, 6.45) is 2.24. The molecule has 0 aromatic rings. The second-order valence-corrected chi connectivity index (χ2v) is 3.93. The third kappa shape index (κ3) is 2.15. The van der Waals surface area contributed by atoms with Crippen LogP contribution >= 0.6 is 11.6 Å². The maximum Gasteiger partial charge on any atom is 0.246 e. The standard InChI is InChI=1S/C10H15ClN2O2/c1-3-10(2)9(15)12-7-8(14)13(10)6-4-5-11/h4-5H,3,6-7H2,1-2H3,(H,12,15)/b5-4+. The van der Waals surface area contributed by atoms with E-state index in [4.69, 9.17) is 11.6 Å². The summed E-state index contributed by atoms with van der Waals surface area (Å²) in [5.41, 5.74) is 0.599. The van der Waals surface area contributed by atoms with Gasteiger partial charge in [-0.1, -0.05) is 24.6 Å². The maximum atomic E-state index is 11.7. The highest BCUT2D eigenvalue weighted by atomic mass is 35.5. The molecule has 1 atom stereocenters. The Morgan fingerprint density at radius 2 is 2.27 bits per heavy atom. The Bertz CT molecular complexity index is 304. The van der Waals surface area contributed by atoms with Crippen LogP contribution in [0.1, 0.15) is 20.3 Å². The zero-order valence-electron chi connectivity index (χ0n) is 8.92. The van der Waals surface area contributed by atoms with Gasteiger partial charge in [-0.15, -0.1) is 0 Å². The van der Waals surface area contributed by atoms with E-state index >= 15 is 0 Å². The molecular formula is C10H15ClN2O2. The molecule has 1 aliphatic heterocycles. The van der Waals surface area contributed by atoms with Crippen molar-refractivity contribution in [1.29, 1.82) is 0 Å². The van der Waals surface area contributed by atoms with Crippen LogP contribution in [0.3, 0.4) is 0 Å². The molecule has 1 N–H and O–H groups in total. The third-order valence-corrected chi connectivity index (χ3v) is 3.03. The van der Waals surface area contributed by atoms with Gasteiger partial charge in [-0.2, -0.15) is 0 Å². The zero-order valence-corrected chi connectivity index (χ0v) is 9.67. The van der Waals surface area contributed by atoms with Crippen molar-refractivity contribution < 1.29 is 9.59 Å². The molecule has 1 heterocycles. The quantitative estimate of drug-likeness (QED) is 0.782. The average molecular weight is 231 g/mol. The van der Waals surface area contributed by atoms with E-state index < -0.39 is 5.54 Å². The van der Waals surface area contributed by atoms with Crippen LogP contribution in [0.5, 0.6) is 0 Å². The molecule has 0 spiro atoms. The second kappa shape index (κ2) is 4.66. The summed E-state index contributed by atoms with van der Waals surface area (Å²) in [5, 5.41) is 2.59. The molecule has 4 nitrogen and oxygen atoms in total. The Kier molecular flexibility index (Phi) is 3.74. The lowest BCUT2D eigenvalue weighted by atomic mass is 9.92. The Morgan fingerprint density at radius 1 is 1.60 bits per heavy atom. The minimum atomic E-state index is -0.758. The smallest absolute Gasteiger partial charge is 0.246 e. The van der Waals surface area contributed by atoms with Gasteiger partial charge in [0.05, 0.1) is 6.54 Å². The van der Waals surface area contributed by atoms with Crippen LogP contribution in [0.15, 0.2) is 11.6 Å². The largest absolute Gasteiger partial charge is 0.345 e. The zero-order chi connectivity index (χ0) is 11.5. The van der Waals surface area contributed by atoms with Crippen molar-refractivity contribution >= 4 is 23.4 Å². The van der Waals surface area contributed by atoms with Gasteiger partial charge in [0.25, 0.3) is 0 Å². The molecule has 0 saturated carbocycles. The van der Waals surface area contributed by atoms with Gasteiger partial charge in [0.1, 0.15) is 5.54 Å². The number of hydrogen-bond acceptors (Lipinski definition) is 2. The van der Waals surface area contributed by atoms with Crippen LogP contribution in [-0.2, 0) is 9.59 Å². The number of halogens is 1. The van der Waals surface area contributed by atoms with Gasteiger partial charge in [-0.25, -0.2) is 0 Å². The number of carbonyl (C=O) groups is 2. The first-order valence-corrected chi connectivity index (χ1v) is 5.34. The molecule has 84 valence electrons. The van der Waals surface area contributed by atoms with Gasteiger partial charge in [-0.3, -0.25) is 9.59 Å². The summed E-state index contributed by atoms with van der Waals surface area (Å²) in [6, 6.07) is 0. The normalized spacial score (nSPS) is 27.3. The van der Waals surface area contributed by atoms with Gasteiger partial charge in [0.15, 0.2) is 0 Å². The van der Waals surface area contributed by atoms with Crippen LogP contribution in [0.2, 0.25) is 0 Å². The van der Waals surface area contributed by atoms with Crippen molar-refractivity contribution in [3.63, 3.8) is 0 Å². The molecule has 0 aromatic heterocycles. The van der Waals surface area contributed by atoms with E-state index in [0.717, 1.165) is 0 Å². The van der Waals surface area contributed by atoms with Crippen molar-refractivity contribution in [2.75, 3.05) is 13.1 Å². The van der Waals surface area contributed by atoms with Crippen LogP contribution in [0, 0.1) is 0 Å². The van der Waals surface area contributed by atoms with Crippen molar-refractivity contribution in [1.82, 2.24) is 10.2 Å². The number of nitrogens with one attached hydrogen (secondary N) is 1. The Labute approximate surface area is 94.3 Å². The van der Waals surface area contributed by atoms with Crippen molar-refractivity contribution in [2.24, 2.45) is 0 Å². The lowest BCUT2D eigenvalue weighted by Crippen LogP contribution is -2.65. The minimum absolute atomic E-state index is 0.0740. The van der Waals surface area contributed by atoms with E-state index in [1.807, 2.05) is 6.92 Å². The summed E-state index contributed by atoms with van der Waals surface area (Å²) >= 11 is 5.42. The molecule has 2 amide bonds. The molecule has 5 heteroatoms. The molecule has 0 bridgehead atoms. The number of piperazine rings is 1. The molecule has 1 unspecified atom stereocenters. The van der Waals surface area contributed by atoms with E-state index in [0.29, 0.717) is 13.0 Å². The monoisotopic (exact) mass is 230 g/mol. The van der Waals surface area contributed by atoms with E-state index in [2.05, 4.69) is 5.32 Å². The highest BCUT2D eigenvalue weighted by Gasteiger charge is 2.43. The van der Waals surface area contributed by atoms with Crippen molar-refractivity contribution in [3.05, 3.63) is 11.6 Å². The molecule has 1 rings (SSSR count). The molecule has 15 heavy (non-hydrogen) atoms. The SMILES string of the molecule is CCC1(C)C(=O)NCC(=O)N1C/C=C/Cl. The predicted molar refractivity (Wildman–Crippen MR) is 58.4 cm³/mol. The Hall–Kier alpha value is -1.03. The molecule has 0 aliphatic carbocycles. The fourth-order valence-corrected chi connectivity index (χ4v) is 1.72. The highest BCUT2D eigenvalue weighted by Crippen LogP contribution is 2.22. The molecule has 1 saturated heterocycles. The summed E-state index contributed by atoms with van der Waals surface area (Å²) < 4.78 is 0. The van der Waals surface area contributed by atoms with Gasteiger partial charge >= 0.3 is 0 Å². The first-order chi connectivity index (χ1) is 7.06. The van der Waals surface area contributed by atoms with Crippen LogP contribution in [0.4, 0.5) is 0 Å². The lowest BCUT2D eigenvalue weighted by molar-refractivity contribution is -0.152. The van der Waals surface area contributed by atoms with E-state index in [1.165, 1.54) is 5.54 Å². The Morgan fingerprint density at radius 3 is 2.80 bits per heavy atom. The average Bonchev–Trinajstić information content (AvgIpc) is 2.24.